The Hall–Kier alpha value is -1.40. The Bertz CT molecular complexity index is 484. The van der Waals surface area contributed by atoms with E-state index in [1.807, 2.05) is 6.07 Å². The lowest BCUT2D eigenvalue weighted by atomic mass is 10.2. The third-order valence-corrected chi connectivity index (χ3v) is 2.57. The van der Waals surface area contributed by atoms with Crippen LogP contribution in [0.2, 0.25) is 0 Å². The molecule has 5 N–H and O–H groups in total. The van der Waals surface area contributed by atoms with Crippen molar-refractivity contribution >= 4 is 25.0 Å². The van der Waals surface area contributed by atoms with E-state index in [1.165, 1.54) is 5.01 Å². The topological polar surface area (TPSA) is 111 Å². The molecular formula is C8H11N4O3P. The van der Waals surface area contributed by atoms with E-state index in [-0.39, 0.29) is 12.4 Å². The highest BCUT2D eigenvalue weighted by Crippen LogP contribution is 2.37. The minimum atomic E-state index is -4.43. The lowest BCUT2D eigenvalue weighted by Gasteiger charge is -2.28. The van der Waals surface area contributed by atoms with Crippen molar-refractivity contribution in [3.05, 3.63) is 24.3 Å². The van der Waals surface area contributed by atoms with Crippen LogP contribution in [0.1, 0.15) is 0 Å². The number of para-hydroxylation sites is 2. The second-order valence-electron chi connectivity index (χ2n) is 3.33. The highest BCUT2D eigenvalue weighted by atomic mass is 31.2. The van der Waals surface area contributed by atoms with E-state index in [2.05, 4.69) is 10.1 Å². The molecule has 0 unspecified atom stereocenters. The summed E-state index contributed by atoms with van der Waals surface area (Å²) in [6.07, 6.45) is 0. The van der Waals surface area contributed by atoms with Crippen molar-refractivity contribution in [3.8, 4) is 0 Å². The van der Waals surface area contributed by atoms with Gasteiger partial charge in [-0.15, -0.1) is 0 Å². The molecule has 0 amide bonds. The molecule has 0 aliphatic carbocycles. The van der Waals surface area contributed by atoms with Crippen molar-refractivity contribution in [2.75, 3.05) is 16.9 Å². The molecule has 1 aliphatic rings. The fraction of sp³-hybridized carbons (Fsp3) is 0.125. The molecule has 1 aromatic carbocycles. The molecule has 86 valence electrons. The minimum absolute atomic E-state index is 0.127. The van der Waals surface area contributed by atoms with Gasteiger partial charge in [-0.2, -0.15) is 4.76 Å². The molecule has 0 saturated carbocycles. The van der Waals surface area contributed by atoms with Gasteiger partial charge in [0, 0.05) is 0 Å². The summed E-state index contributed by atoms with van der Waals surface area (Å²) in [6.45, 7) is 0.127. The highest BCUT2D eigenvalue weighted by molar-refractivity contribution is 7.50. The number of hydrogen-bond acceptors (Lipinski definition) is 3. The number of hydrazine groups is 1. The Morgan fingerprint density at radius 1 is 1.44 bits per heavy atom. The molecule has 7 nitrogen and oxygen atoms in total. The second kappa shape index (κ2) is 3.88. The van der Waals surface area contributed by atoms with Crippen molar-refractivity contribution in [3.63, 3.8) is 0 Å². The molecule has 0 atom stereocenters. The normalized spacial score (nSPS) is 18.2. The molecule has 0 radical (unpaired) electrons. The Balaban J connectivity index is 2.35. The van der Waals surface area contributed by atoms with Gasteiger partial charge in [-0.3, -0.25) is 0 Å². The molecule has 2 rings (SSSR count). The maximum Gasteiger partial charge on any atom is 0.450 e. The lowest BCUT2D eigenvalue weighted by molar-refractivity contribution is 0.375. The molecule has 16 heavy (non-hydrogen) atoms. The average molecular weight is 242 g/mol. The maximum atomic E-state index is 10.7. The zero-order valence-corrected chi connectivity index (χ0v) is 9.13. The summed E-state index contributed by atoms with van der Waals surface area (Å²) in [5.41, 5.74) is 1.43. The van der Waals surface area contributed by atoms with Crippen LogP contribution in [0.25, 0.3) is 0 Å². The number of nitrogens with two attached hydrogens (primary N) is 1. The maximum absolute atomic E-state index is 10.7. The summed E-state index contributed by atoms with van der Waals surface area (Å²) in [5.74, 6) is 5.86. The number of anilines is 2. The van der Waals surface area contributed by atoms with Crippen molar-refractivity contribution in [1.82, 2.24) is 0 Å². The van der Waals surface area contributed by atoms with Crippen LogP contribution >= 0.6 is 7.75 Å². The first-order chi connectivity index (χ1) is 7.46. The minimum Gasteiger partial charge on any atom is -0.340 e. The van der Waals surface area contributed by atoms with Gasteiger partial charge in [0.25, 0.3) is 0 Å². The Morgan fingerprint density at radius 3 is 2.81 bits per heavy atom. The number of nitrogens with one attached hydrogen (secondary N) is 1. The van der Waals surface area contributed by atoms with E-state index in [4.69, 9.17) is 15.6 Å². The average Bonchev–Trinajstić information content (AvgIpc) is 2.15. The van der Waals surface area contributed by atoms with Gasteiger partial charge in [0.1, 0.15) is 5.84 Å². The van der Waals surface area contributed by atoms with E-state index in [1.54, 1.807) is 18.2 Å². The van der Waals surface area contributed by atoms with Gasteiger partial charge in [0.2, 0.25) is 0 Å². The van der Waals surface area contributed by atoms with Crippen molar-refractivity contribution in [2.45, 2.75) is 0 Å². The van der Waals surface area contributed by atoms with E-state index >= 15 is 0 Å². The zero-order valence-electron chi connectivity index (χ0n) is 8.24. The van der Waals surface area contributed by atoms with Gasteiger partial charge in [-0.05, 0) is 12.1 Å². The monoisotopic (exact) mass is 242 g/mol. The second-order valence-corrected chi connectivity index (χ2v) is 4.56. The first-order valence-corrected chi connectivity index (χ1v) is 6.05. The van der Waals surface area contributed by atoms with Crippen molar-refractivity contribution < 1.29 is 14.4 Å². The van der Waals surface area contributed by atoms with E-state index in [0.29, 0.717) is 5.69 Å². The highest BCUT2D eigenvalue weighted by Gasteiger charge is 2.21. The number of rotatable bonds is 1. The van der Waals surface area contributed by atoms with Crippen LogP contribution in [0.5, 0.6) is 0 Å². The SMILES string of the molecule is NN1CC(=NP(=O)(O)O)Nc2ccccc21. The van der Waals surface area contributed by atoms with Gasteiger partial charge in [-0.1, -0.05) is 12.1 Å². The molecule has 0 fully saturated rings. The first-order valence-electron chi connectivity index (χ1n) is 4.49. The number of fused-ring (bicyclic) bond motifs is 1. The summed E-state index contributed by atoms with van der Waals surface area (Å²) < 4.78 is 14.0. The van der Waals surface area contributed by atoms with E-state index in [9.17, 15) is 4.57 Å². The van der Waals surface area contributed by atoms with Crippen LogP contribution in [0, 0.1) is 0 Å². The van der Waals surface area contributed by atoms with Crippen molar-refractivity contribution in [2.24, 2.45) is 10.6 Å². The third-order valence-electron chi connectivity index (χ3n) is 2.06. The molecule has 1 aromatic rings. The fourth-order valence-corrected chi connectivity index (χ4v) is 1.91. The molecule has 0 aromatic heterocycles. The molecule has 0 bridgehead atoms. The van der Waals surface area contributed by atoms with Gasteiger partial charge in [0.15, 0.2) is 0 Å². The molecular weight excluding hydrogens is 231 g/mol. The van der Waals surface area contributed by atoms with Crippen molar-refractivity contribution in [1.29, 1.82) is 0 Å². The third kappa shape index (κ3) is 2.40. The molecule has 1 aliphatic heterocycles. The van der Waals surface area contributed by atoms with Gasteiger partial charge >= 0.3 is 7.75 Å². The quantitative estimate of drug-likeness (QED) is 0.416. The molecule has 0 saturated heterocycles. The van der Waals surface area contributed by atoms with Gasteiger partial charge < -0.3 is 20.1 Å². The van der Waals surface area contributed by atoms with E-state index in [0.717, 1.165) is 5.69 Å². The van der Waals surface area contributed by atoms with Gasteiger partial charge in [0.05, 0.1) is 17.9 Å². The summed E-state index contributed by atoms with van der Waals surface area (Å²) in [7, 11) is -4.43. The summed E-state index contributed by atoms with van der Waals surface area (Å²) in [5, 5.41) is 4.20. The lowest BCUT2D eigenvalue weighted by Crippen LogP contribution is -2.42. The Morgan fingerprint density at radius 2 is 2.12 bits per heavy atom. The zero-order chi connectivity index (χ0) is 11.8. The number of amidine groups is 1. The molecule has 1 heterocycles. The van der Waals surface area contributed by atoms with E-state index < -0.39 is 7.75 Å². The standard InChI is InChI=1S/C8H11N4O3P/c9-12-5-8(11-16(13,14)15)10-6-3-1-2-4-7(6)12/h1-4H,5,9H2,(H3,10,11,13,14,15). The Kier molecular flexibility index (Phi) is 2.69. The van der Waals surface area contributed by atoms with Crippen LogP contribution in [-0.2, 0) is 4.57 Å². The predicted octanol–water partition coefficient (Wildman–Crippen LogP) is 0.283. The van der Waals surface area contributed by atoms with Crippen LogP contribution in [0.3, 0.4) is 0 Å². The van der Waals surface area contributed by atoms with Crippen LogP contribution in [-0.4, -0.2) is 22.2 Å². The largest absolute Gasteiger partial charge is 0.450 e. The molecule has 0 spiro atoms. The Labute approximate surface area is 91.8 Å². The summed E-state index contributed by atoms with van der Waals surface area (Å²) in [6, 6.07) is 7.17. The first kappa shape index (κ1) is 11.1. The fourth-order valence-electron chi connectivity index (χ4n) is 1.49. The molecule has 8 heteroatoms. The van der Waals surface area contributed by atoms with Crippen LogP contribution in [0.15, 0.2) is 29.0 Å². The van der Waals surface area contributed by atoms with Crippen LogP contribution in [0.4, 0.5) is 11.4 Å². The number of hydrogen-bond donors (Lipinski definition) is 4. The van der Waals surface area contributed by atoms with Gasteiger partial charge in [-0.25, -0.2) is 10.4 Å². The summed E-state index contributed by atoms with van der Waals surface area (Å²) >= 11 is 0. The number of benzene rings is 1. The van der Waals surface area contributed by atoms with Crippen LogP contribution < -0.4 is 16.2 Å². The smallest absolute Gasteiger partial charge is 0.340 e. The predicted molar refractivity (Wildman–Crippen MR) is 61.1 cm³/mol. The number of nitrogens with zero attached hydrogens (tertiary/aromatic N) is 2. The summed E-state index contributed by atoms with van der Waals surface area (Å²) in [4.78, 5) is 17.5.